The van der Waals surface area contributed by atoms with Crippen LogP contribution in [0.3, 0.4) is 0 Å². The molecule has 1 N–H and O–H groups in total. The molecular weight excluding hydrogens is 597 g/mol. The summed E-state index contributed by atoms with van der Waals surface area (Å²) in [7, 11) is -1.40. The molecule has 0 fully saturated rings. The Balaban J connectivity index is 1.58. The highest BCUT2D eigenvalue weighted by molar-refractivity contribution is 7.62. The van der Waals surface area contributed by atoms with Gasteiger partial charge in [0.15, 0.2) is 23.1 Å². The maximum absolute atomic E-state index is 14.3. The maximum atomic E-state index is 14.3. The van der Waals surface area contributed by atoms with Gasteiger partial charge in [0, 0.05) is 6.07 Å². The van der Waals surface area contributed by atoms with Crippen molar-refractivity contribution in [2.45, 2.75) is 33.2 Å². The minimum absolute atomic E-state index is 0.0222. The second-order valence-corrected chi connectivity index (χ2v) is 11.8. The quantitative estimate of drug-likeness (QED) is 0.142. The number of ether oxygens (including phenoxy) is 4. The smallest absolute Gasteiger partial charge is 0.361 e. The molecule has 0 bridgehead atoms. The lowest BCUT2D eigenvalue weighted by Gasteiger charge is -2.20. The van der Waals surface area contributed by atoms with Crippen molar-refractivity contribution in [2.75, 3.05) is 14.2 Å². The number of benzene rings is 4. The lowest BCUT2D eigenvalue weighted by molar-refractivity contribution is 0.0695. The predicted octanol–water partition coefficient (Wildman–Crippen LogP) is 7.51. The summed E-state index contributed by atoms with van der Waals surface area (Å²) in [5.74, 6) is -1.46. The number of hydrogen-bond donors (Lipinski definition) is 1. The van der Waals surface area contributed by atoms with Crippen LogP contribution in [0.1, 0.15) is 35.3 Å². The molecule has 0 amide bonds. The van der Waals surface area contributed by atoms with Crippen LogP contribution in [0.4, 0.5) is 8.78 Å². The van der Waals surface area contributed by atoms with Crippen molar-refractivity contribution in [3.8, 4) is 28.7 Å². The lowest BCUT2D eigenvalue weighted by atomic mass is 10.2. The molecule has 0 aliphatic rings. The van der Waals surface area contributed by atoms with Gasteiger partial charge in [-0.2, -0.15) is 0 Å². The van der Waals surface area contributed by atoms with Gasteiger partial charge in [-0.1, -0.05) is 12.1 Å². The molecule has 0 unspecified atom stereocenters. The fourth-order valence-electron chi connectivity index (χ4n) is 4.03. The number of aromatic carboxylic acids is 1. The summed E-state index contributed by atoms with van der Waals surface area (Å²) in [6.07, 6.45) is -0.191. The zero-order chi connectivity index (χ0) is 31.9. The van der Waals surface area contributed by atoms with Gasteiger partial charge in [0.1, 0.15) is 17.2 Å². The van der Waals surface area contributed by atoms with Crippen LogP contribution in [0.25, 0.3) is 0 Å². The minimum atomic E-state index is -4.08. The number of carboxylic acid groups (broad SMARTS) is 1. The highest BCUT2D eigenvalue weighted by Gasteiger charge is 2.29. The molecule has 0 saturated heterocycles. The third kappa shape index (κ3) is 8.35. The van der Waals surface area contributed by atoms with E-state index < -0.39 is 25.2 Å². The summed E-state index contributed by atoms with van der Waals surface area (Å²) in [5, 5.41) is 9.63. The zero-order valence-corrected chi connectivity index (χ0v) is 25.3. The Labute approximate surface area is 253 Å². The molecule has 0 radical (unpaired) electrons. The number of halogens is 2. The third-order valence-electron chi connectivity index (χ3n) is 6.12. The van der Waals surface area contributed by atoms with Gasteiger partial charge in [-0.15, -0.1) is 0 Å². The number of methoxy groups -OCH3 is 2. The standard InChI is InChI=1S/C32H31F2O9P/c1-20(2)42-25-15-23(32(35)36)16-26(17-25)43-24-7-9-27(10-8-24)44(37,40-18-21-5-11-30(38-3)28(33)13-21)41-19-22-6-12-31(39-4)29(34)14-22/h5-17,20H,18-19H2,1-4H3,(H,35,36). The number of carbonyl (C=O) groups is 1. The Kier molecular flexibility index (Phi) is 10.6. The van der Waals surface area contributed by atoms with Crippen molar-refractivity contribution in [3.63, 3.8) is 0 Å². The Morgan fingerprint density at radius 2 is 1.27 bits per heavy atom. The molecule has 0 atom stereocenters. The van der Waals surface area contributed by atoms with E-state index in [1.165, 1.54) is 74.9 Å². The molecule has 0 aliphatic heterocycles. The monoisotopic (exact) mass is 628 g/mol. The van der Waals surface area contributed by atoms with Crippen LogP contribution in [0, 0.1) is 11.6 Å². The van der Waals surface area contributed by atoms with Gasteiger partial charge in [-0.25, -0.2) is 13.6 Å². The normalized spacial score (nSPS) is 11.3. The van der Waals surface area contributed by atoms with Crippen molar-refractivity contribution in [1.82, 2.24) is 0 Å². The van der Waals surface area contributed by atoms with Gasteiger partial charge in [-0.3, -0.25) is 4.57 Å². The number of rotatable bonds is 14. The average Bonchev–Trinajstić information content (AvgIpc) is 2.99. The van der Waals surface area contributed by atoms with E-state index in [0.717, 1.165) is 0 Å². The number of hydrogen-bond acceptors (Lipinski definition) is 8. The molecule has 4 rings (SSSR count). The molecule has 232 valence electrons. The van der Waals surface area contributed by atoms with E-state index in [0.29, 0.717) is 22.6 Å². The van der Waals surface area contributed by atoms with E-state index in [1.807, 2.05) is 13.8 Å². The molecule has 4 aromatic carbocycles. The molecule has 0 aliphatic carbocycles. The topological polar surface area (TPSA) is 110 Å². The molecule has 0 saturated carbocycles. The molecule has 44 heavy (non-hydrogen) atoms. The Morgan fingerprint density at radius 1 is 0.750 bits per heavy atom. The largest absolute Gasteiger partial charge is 0.494 e. The van der Waals surface area contributed by atoms with Crippen molar-refractivity contribution in [2.24, 2.45) is 0 Å². The summed E-state index contributed by atoms with van der Waals surface area (Å²) in [4.78, 5) is 11.6. The summed E-state index contributed by atoms with van der Waals surface area (Å²) in [5.41, 5.74) is 0.728. The van der Waals surface area contributed by atoms with Crippen LogP contribution >= 0.6 is 7.60 Å². The van der Waals surface area contributed by atoms with Gasteiger partial charge < -0.3 is 33.1 Å². The average molecular weight is 629 g/mol. The molecular formula is C32H31F2O9P. The SMILES string of the molecule is COc1ccc(COP(=O)(OCc2ccc(OC)c(F)c2)c2ccc(Oc3cc(OC(C)C)cc(C(=O)O)c3)cc2)cc1F. The zero-order valence-electron chi connectivity index (χ0n) is 24.4. The van der Waals surface area contributed by atoms with Gasteiger partial charge in [-0.05, 0) is 85.6 Å². The van der Waals surface area contributed by atoms with Crippen LogP contribution in [0.15, 0.2) is 78.9 Å². The second-order valence-electron chi connectivity index (χ2n) is 9.74. The Morgan fingerprint density at radius 3 is 1.73 bits per heavy atom. The van der Waals surface area contributed by atoms with E-state index >= 15 is 0 Å². The summed E-state index contributed by atoms with van der Waals surface area (Å²) < 4.78 is 75.5. The first-order valence-electron chi connectivity index (χ1n) is 13.4. The molecule has 12 heteroatoms. The molecule has 9 nitrogen and oxygen atoms in total. The van der Waals surface area contributed by atoms with E-state index in [4.69, 9.17) is 28.0 Å². The van der Waals surface area contributed by atoms with Crippen molar-refractivity contribution < 1.29 is 51.2 Å². The maximum Gasteiger partial charge on any atom is 0.361 e. The number of carboxylic acids is 1. The van der Waals surface area contributed by atoms with E-state index in [-0.39, 0.29) is 47.4 Å². The molecule has 4 aromatic rings. The van der Waals surface area contributed by atoms with E-state index in [1.54, 1.807) is 18.2 Å². The highest BCUT2D eigenvalue weighted by atomic mass is 31.2. The lowest BCUT2D eigenvalue weighted by Crippen LogP contribution is -2.11. The summed E-state index contributed by atoms with van der Waals surface area (Å²) >= 11 is 0. The van der Waals surface area contributed by atoms with Gasteiger partial charge in [0.05, 0.1) is 44.4 Å². The first kappa shape index (κ1) is 32.5. The van der Waals surface area contributed by atoms with Crippen LogP contribution in [-0.2, 0) is 26.8 Å². The fourth-order valence-corrected chi connectivity index (χ4v) is 5.56. The van der Waals surface area contributed by atoms with Crippen LogP contribution in [0.5, 0.6) is 28.7 Å². The van der Waals surface area contributed by atoms with Crippen molar-refractivity contribution in [1.29, 1.82) is 0 Å². The second kappa shape index (κ2) is 14.4. The molecule has 0 heterocycles. The van der Waals surface area contributed by atoms with Crippen LogP contribution in [0.2, 0.25) is 0 Å². The van der Waals surface area contributed by atoms with E-state index in [9.17, 15) is 23.2 Å². The van der Waals surface area contributed by atoms with Gasteiger partial charge in [0.2, 0.25) is 0 Å². The molecule has 0 aromatic heterocycles. The van der Waals surface area contributed by atoms with Crippen molar-refractivity contribution in [3.05, 3.63) is 107 Å². The van der Waals surface area contributed by atoms with E-state index in [2.05, 4.69) is 0 Å². The minimum Gasteiger partial charge on any atom is -0.494 e. The van der Waals surface area contributed by atoms with Crippen LogP contribution < -0.4 is 24.3 Å². The first-order valence-corrected chi connectivity index (χ1v) is 14.9. The van der Waals surface area contributed by atoms with Crippen molar-refractivity contribution >= 4 is 18.9 Å². The highest BCUT2D eigenvalue weighted by Crippen LogP contribution is 2.49. The Hall–Kier alpha value is -4.44. The predicted molar refractivity (Wildman–Crippen MR) is 158 cm³/mol. The molecule has 0 spiro atoms. The van der Waals surface area contributed by atoms with Gasteiger partial charge >= 0.3 is 13.6 Å². The summed E-state index contributed by atoms with van der Waals surface area (Å²) in [6, 6.07) is 18.6. The van der Waals surface area contributed by atoms with Crippen LogP contribution in [-0.4, -0.2) is 31.4 Å². The first-order chi connectivity index (χ1) is 21.0. The Bertz CT molecular complexity index is 1600. The fraction of sp³-hybridized carbons (Fsp3) is 0.219. The summed E-state index contributed by atoms with van der Waals surface area (Å²) in [6.45, 7) is 3.08. The third-order valence-corrected chi connectivity index (χ3v) is 7.99. The van der Waals surface area contributed by atoms with Gasteiger partial charge in [0.25, 0.3) is 0 Å².